The number of carbonyl (C=O) groups is 1. The highest BCUT2D eigenvalue weighted by molar-refractivity contribution is 14.0. The molecule has 158 valence electrons. The van der Waals surface area contributed by atoms with Gasteiger partial charge in [0.1, 0.15) is 12.4 Å². The number of likely N-dealkylation sites (N-methyl/N-ethyl adjacent to an activating group) is 1. The Balaban J connectivity index is 0.00000420. The lowest BCUT2D eigenvalue weighted by Crippen LogP contribution is -2.42. The zero-order valence-corrected chi connectivity index (χ0v) is 19.7. The summed E-state index contributed by atoms with van der Waals surface area (Å²) < 4.78 is 5.72. The van der Waals surface area contributed by atoms with Gasteiger partial charge in [-0.05, 0) is 17.7 Å². The van der Waals surface area contributed by atoms with Gasteiger partial charge in [0, 0.05) is 40.7 Å². The van der Waals surface area contributed by atoms with Crippen LogP contribution < -0.4 is 10.1 Å². The first-order valence-corrected chi connectivity index (χ1v) is 9.47. The Morgan fingerprint density at radius 2 is 1.62 bits per heavy atom. The maximum atomic E-state index is 12.3. The Morgan fingerprint density at radius 1 is 1.00 bits per heavy atom. The van der Waals surface area contributed by atoms with E-state index in [2.05, 4.69) is 10.3 Å². The maximum Gasteiger partial charge on any atom is 0.224 e. The van der Waals surface area contributed by atoms with Crippen LogP contribution in [0.3, 0.4) is 0 Å². The lowest BCUT2D eigenvalue weighted by molar-refractivity contribution is -0.130. The van der Waals surface area contributed by atoms with Crippen molar-refractivity contribution < 1.29 is 9.53 Å². The molecule has 1 N–H and O–H groups in total. The summed E-state index contributed by atoms with van der Waals surface area (Å²) in [5.74, 6) is 1.70. The van der Waals surface area contributed by atoms with Crippen molar-refractivity contribution in [3.63, 3.8) is 0 Å². The molecule has 7 heteroatoms. The minimum atomic E-state index is 0. The minimum absolute atomic E-state index is 0. The summed E-state index contributed by atoms with van der Waals surface area (Å²) in [6.07, 6.45) is 0.413. The first-order valence-electron chi connectivity index (χ1n) is 9.47. The van der Waals surface area contributed by atoms with E-state index in [0.29, 0.717) is 32.7 Å². The van der Waals surface area contributed by atoms with Gasteiger partial charge in [-0.3, -0.25) is 9.79 Å². The van der Waals surface area contributed by atoms with Gasteiger partial charge in [-0.15, -0.1) is 24.0 Å². The normalized spacial score (nSPS) is 10.7. The SMILES string of the molecule is CN=C(NCCC(=O)N(C)Cc1ccccc1)N(C)CCOc1ccccc1.I. The maximum absolute atomic E-state index is 12.3. The Bertz CT molecular complexity index is 741. The molecular formula is C22H31IN4O2. The summed E-state index contributed by atoms with van der Waals surface area (Å²) in [4.78, 5) is 20.3. The zero-order valence-electron chi connectivity index (χ0n) is 17.4. The third kappa shape index (κ3) is 9.17. The smallest absolute Gasteiger partial charge is 0.224 e. The fourth-order valence-electron chi connectivity index (χ4n) is 2.73. The number of para-hydroxylation sites is 1. The van der Waals surface area contributed by atoms with E-state index in [4.69, 9.17) is 4.74 Å². The second-order valence-electron chi connectivity index (χ2n) is 6.54. The number of aliphatic imine (C=N–C) groups is 1. The van der Waals surface area contributed by atoms with Crippen molar-refractivity contribution in [1.82, 2.24) is 15.1 Å². The van der Waals surface area contributed by atoms with Gasteiger partial charge in [-0.2, -0.15) is 0 Å². The van der Waals surface area contributed by atoms with Crippen LogP contribution in [-0.4, -0.2) is 62.5 Å². The Kier molecular flexibility index (Phi) is 11.8. The quantitative estimate of drug-likeness (QED) is 0.320. The molecule has 0 aliphatic carbocycles. The highest BCUT2D eigenvalue weighted by Crippen LogP contribution is 2.08. The van der Waals surface area contributed by atoms with E-state index in [1.54, 1.807) is 11.9 Å². The number of benzene rings is 2. The molecule has 0 aromatic heterocycles. The van der Waals surface area contributed by atoms with Gasteiger partial charge >= 0.3 is 0 Å². The molecule has 1 amide bonds. The topological polar surface area (TPSA) is 57.2 Å². The standard InChI is InChI=1S/C22H30N4O2.HI/c1-23-22(25(2)16-17-28-20-12-8-5-9-13-20)24-15-14-21(27)26(3)18-19-10-6-4-7-11-19;/h4-13H,14-18H2,1-3H3,(H,23,24);1H. The number of halogens is 1. The molecule has 6 nitrogen and oxygen atoms in total. The lowest BCUT2D eigenvalue weighted by Gasteiger charge is -2.23. The summed E-state index contributed by atoms with van der Waals surface area (Å²) in [7, 11) is 5.52. The average Bonchev–Trinajstić information content (AvgIpc) is 2.72. The molecule has 0 aliphatic rings. The first kappa shape index (κ1) is 24.7. The van der Waals surface area contributed by atoms with E-state index in [0.717, 1.165) is 17.3 Å². The monoisotopic (exact) mass is 510 g/mol. The number of ether oxygens (including phenoxy) is 1. The van der Waals surface area contributed by atoms with Gasteiger partial charge < -0.3 is 19.9 Å². The molecule has 0 bridgehead atoms. The number of hydrogen-bond acceptors (Lipinski definition) is 3. The molecule has 0 spiro atoms. The van der Waals surface area contributed by atoms with Crippen molar-refractivity contribution in [2.24, 2.45) is 4.99 Å². The predicted molar refractivity (Wildman–Crippen MR) is 129 cm³/mol. The molecule has 0 saturated carbocycles. The molecule has 0 unspecified atom stereocenters. The van der Waals surface area contributed by atoms with Crippen LogP contribution in [0.2, 0.25) is 0 Å². The zero-order chi connectivity index (χ0) is 20.2. The van der Waals surface area contributed by atoms with Crippen molar-refractivity contribution in [3.05, 3.63) is 66.2 Å². The summed E-state index contributed by atoms with van der Waals surface area (Å²) in [5, 5.41) is 3.24. The fraction of sp³-hybridized carbons (Fsp3) is 0.364. The lowest BCUT2D eigenvalue weighted by atomic mass is 10.2. The Morgan fingerprint density at radius 3 is 2.24 bits per heavy atom. The van der Waals surface area contributed by atoms with Crippen LogP contribution in [-0.2, 0) is 11.3 Å². The molecule has 0 radical (unpaired) electrons. The molecule has 0 heterocycles. The Labute approximate surface area is 191 Å². The van der Waals surface area contributed by atoms with Crippen molar-refractivity contribution in [2.75, 3.05) is 40.8 Å². The van der Waals surface area contributed by atoms with Crippen LogP contribution in [0, 0.1) is 0 Å². The van der Waals surface area contributed by atoms with Crippen LogP contribution in [0.5, 0.6) is 5.75 Å². The molecule has 0 aliphatic heterocycles. The van der Waals surface area contributed by atoms with Gasteiger partial charge in [0.25, 0.3) is 0 Å². The Hall–Kier alpha value is -2.29. The van der Waals surface area contributed by atoms with Gasteiger partial charge in [0.2, 0.25) is 5.91 Å². The molecule has 29 heavy (non-hydrogen) atoms. The molecule has 0 saturated heterocycles. The number of nitrogens with zero attached hydrogens (tertiary/aromatic N) is 3. The summed E-state index contributed by atoms with van der Waals surface area (Å²) in [6, 6.07) is 19.7. The molecule has 0 atom stereocenters. The largest absolute Gasteiger partial charge is 0.492 e. The fourth-order valence-corrected chi connectivity index (χ4v) is 2.73. The van der Waals surface area contributed by atoms with Crippen LogP contribution in [0.15, 0.2) is 65.7 Å². The van der Waals surface area contributed by atoms with Crippen molar-refractivity contribution in [1.29, 1.82) is 0 Å². The third-order valence-corrected chi connectivity index (χ3v) is 4.32. The number of amides is 1. The average molecular weight is 510 g/mol. The summed E-state index contributed by atoms with van der Waals surface area (Å²) in [5.41, 5.74) is 1.13. The van der Waals surface area contributed by atoms with Crippen LogP contribution in [0.1, 0.15) is 12.0 Å². The molecule has 2 aromatic carbocycles. The van der Waals surface area contributed by atoms with Crippen LogP contribution in [0.25, 0.3) is 0 Å². The molecular weight excluding hydrogens is 479 g/mol. The van der Waals surface area contributed by atoms with Gasteiger partial charge in [-0.1, -0.05) is 48.5 Å². The van der Waals surface area contributed by atoms with E-state index < -0.39 is 0 Å². The summed E-state index contributed by atoms with van der Waals surface area (Å²) >= 11 is 0. The second-order valence-corrected chi connectivity index (χ2v) is 6.54. The number of hydrogen-bond donors (Lipinski definition) is 1. The number of carbonyl (C=O) groups excluding carboxylic acids is 1. The molecule has 2 rings (SSSR count). The van der Waals surface area contributed by atoms with Crippen molar-refractivity contribution in [3.8, 4) is 5.75 Å². The van der Waals surface area contributed by atoms with Gasteiger partial charge in [0.15, 0.2) is 5.96 Å². The predicted octanol–water partition coefficient (Wildman–Crippen LogP) is 3.24. The number of rotatable bonds is 9. The summed E-state index contributed by atoms with van der Waals surface area (Å²) in [6.45, 7) is 2.40. The molecule has 2 aromatic rings. The van der Waals surface area contributed by atoms with Gasteiger partial charge in [0.05, 0.1) is 6.54 Å². The van der Waals surface area contributed by atoms with Crippen molar-refractivity contribution >= 4 is 35.8 Å². The molecule has 0 fully saturated rings. The third-order valence-electron chi connectivity index (χ3n) is 4.32. The van der Waals surface area contributed by atoms with Gasteiger partial charge in [-0.25, -0.2) is 0 Å². The number of guanidine groups is 1. The second kappa shape index (κ2) is 13.8. The number of nitrogens with one attached hydrogen (secondary N) is 1. The van der Waals surface area contributed by atoms with Crippen LogP contribution in [0.4, 0.5) is 0 Å². The van der Waals surface area contributed by atoms with E-state index >= 15 is 0 Å². The van der Waals surface area contributed by atoms with E-state index in [-0.39, 0.29) is 29.9 Å². The van der Waals surface area contributed by atoms with Crippen molar-refractivity contribution in [2.45, 2.75) is 13.0 Å². The van der Waals surface area contributed by atoms with E-state index in [1.165, 1.54) is 0 Å². The highest BCUT2D eigenvalue weighted by Gasteiger charge is 2.11. The van der Waals surface area contributed by atoms with Crippen LogP contribution >= 0.6 is 24.0 Å². The minimum Gasteiger partial charge on any atom is -0.492 e. The van der Waals surface area contributed by atoms with E-state index in [1.807, 2.05) is 79.7 Å². The first-order chi connectivity index (χ1) is 13.6. The highest BCUT2D eigenvalue weighted by atomic mass is 127. The van der Waals surface area contributed by atoms with E-state index in [9.17, 15) is 4.79 Å².